The first-order valence-electron chi connectivity index (χ1n) is 14.8. The first-order valence-corrected chi connectivity index (χ1v) is 16.0. The van der Waals surface area contributed by atoms with E-state index >= 15 is 0 Å². The van der Waals surface area contributed by atoms with Crippen LogP contribution in [0, 0.1) is 11.8 Å². The van der Waals surface area contributed by atoms with E-state index in [1.165, 1.54) is 6.08 Å². The number of halogens is 1. The molecule has 0 spiro atoms. The summed E-state index contributed by atoms with van der Waals surface area (Å²) in [7, 11) is 0. The third-order valence-electron chi connectivity index (χ3n) is 8.77. The summed E-state index contributed by atoms with van der Waals surface area (Å²) in [5.41, 5.74) is 2.92. The van der Waals surface area contributed by atoms with E-state index < -0.39 is 6.10 Å². The summed E-state index contributed by atoms with van der Waals surface area (Å²) in [4.78, 5) is 17.6. The number of oxazole rings is 1. The van der Waals surface area contributed by atoms with Crippen LogP contribution in [0.3, 0.4) is 0 Å². The quantitative estimate of drug-likeness (QED) is 0.207. The van der Waals surface area contributed by atoms with Gasteiger partial charge >= 0.3 is 5.97 Å². The lowest BCUT2D eigenvalue weighted by Crippen LogP contribution is -2.50. The maximum absolute atomic E-state index is 13.0. The number of carbonyl (C=O) groups is 1. The summed E-state index contributed by atoms with van der Waals surface area (Å²) >= 11 is 2.23. The van der Waals surface area contributed by atoms with Gasteiger partial charge in [0.15, 0.2) is 0 Å². The Morgan fingerprint density at radius 3 is 2.61 bits per heavy atom. The van der Waals surface area contributed by atoms with Gasteiger partial charge < -0.3 is 28.5 Å². The molecular weight excluding hydrogens is 637 g/mol. The SMILES string of the molecule is C=C1C[C@@H]2C[C@@H]3C[C@@H](O)C[C@@H](O3)c3coc(n3)C=CC[C@H]3O[C@@H](C(C)=CI)[C@H](C)[C@@H](OC(=O)C=CC[C@@H](C1)O2)[C@H]3C. The van der Waals surface area contributed by atoms with Crippen molar-refractivity contribution in [2.24, 2.45) is 11.8 Å². The van der Waals surface area contributed by atoms with Gasteiger partial charge in [0.25, 0.3) is 0 Å². The molecule has 41 heavy (non-hydrogen) atoms. The van der Waals surface area contributed by atoms with E-state index in [1.807, 2.05) is 22.3 Å². The van der Waals surface area contributed by atoms with Crippen LogP contribution in [0.25, 0.3) is 6.08 Å². The fraction of sp³-hybridized carbons (Fsp3) is 0.625. The molecule has 0 aromatic carbocycles. The highest BCUT2D eigenvalue weighted by Crippen LogP contribution is 2.38. The summed E-state index contributed by atoms with van der Waals surface area (Å²) in [5.74, 6) is 0.120. The Labute approximate surface area is 256 Å². The number of carbonyl (C=O) groups excluding carboxylic acids is 1. The van der Waals surface area contributed by atoms with Crippen LogP contribution in [0.5, 0.6) is 0 Å². The Kier molecular flexibility index (Phi) is 10.2. The molecule has 0 saturated carbocycles. The Morgan fingerprint density at radius 1 is 1.02 bits per heavy atom. The van der Waals surface area contributed by atoms with E-state index in [4.69, 9.17) is 23.4 Å². The maximum Gasteiger partial charge on any atom is 0.330 e. The molecule has 3 saturated heterocycles. The van der Waals surface area contributed by atoms with E-state index in [1.54, 1.807) is 6.26 Å². The molecule has 0 unspecified atom stereocenters. The second kappa shape index (κ2) is 13.7. The summed E-state index contributed by atoms with van der Waals surface area (Å²) in [5, 5.41) is 10.6. The topological polar surface area (TPSA) is 100 Å². The molecule has 1 aromatic heterocycles. The van der Waals surface area contributed by atoms with Crippen molar-refractivity contribution in [3.05, 3.63) is 57.9 Å². The van der Waals surface area contributed by atoms with Crippen LogP contribution in [0.1, 0.15) is 83.4 Å². The molecule has 4 aliphatic heterocycles. The van der Waals surface area contributed by atoms with Crippen LogP contribution in [0.2, 0.25) is 0 Å². The molecule has 8 nitrogen and oxygen atoms in total. The maximum atomic E-state index is 13.0. The molecule has 10 atom stereocenters. The Balaban J connectivity index is 1.41. The second-order valence-electron chi connectivity index (χ2n) is 12.1. The lowest BCUT2D eigenvalue weighted by Gasteiger charge is -2.44. The highest BCUT2D eigenvalue weighted by Gasteiger charge is 2.43. The molecule has 5 heterocycles. The van der Waals surface area contributed by atoms with Crippen molar-refractivity contribution >= 4 is 34.6 Å². The number of aliphatic hydroxyl groups excluding tert-OH is 1. The lowest BCUT2D eigenvalue weighted by molar-refractivity contribution is -0.180. The van der Waals surface area contributed by atoms with E-state index in [2.05, 4.69) is 54.9 Å². The van der Waals surface area contributed by atoms with E-state index in [0.717, 1.165) is 24.0 Å². The minimum atomic E-state index is -0.485. The molecule has 1 aromatic rings. The third-order valence-corrected chi connectivity index (χ3v) is 9.75. The van der Waals surface area contributed by atoms with Gasteiger partial charge in [-0.25, -0.2) is 9.78 Å². The minimum absolute atomic E-state index is 0.00460. The molecule has 9 heteroatoms. The Bertz CT molecular complexity index is 1170. The summed E-state index contributed by atoms with van der Waals surface area (Å²) in [6, 6.07) is 0. The zero-order valence-electron chi connectivity index (χ0n) is 24.1. The first kappa shape index (κ1) is 30.7. The first-order chi connectivity index (χ1) is 19.7. The fourth-order valence-corrected chi connectivity index (χ4v) is 7.04. The number of fused-ring (bicyclic) bond motifs is 9. The van der Waals surface area contributed by atoms with E-state index in [0.29, 0.717) is 43.7 Å². The molecule has 0 aliphatic carbocycles. The molecule has 5 rings (SSSR count). The molecule has 8 bridgehead atoms. The number of hydrogen-bond acceptors (Lipinski definition) is 8. The van der Waals surface area contributed by atoms with Gasteiger partial charge in [0.05, 0.1) is 36.6 Å². The summed E-state index contributed by atoms with van der Waals surface area (Å²) < 4.78 is 33.2. The third kappa shape index (κ3) is 7.60. The molecule has 224 valence electrons. The molecule has 0 radical (unpaired) electrons. The van der Waals surface area contributed by atoms with Gasteiger partial charge in [-0.2, -0.15) is 0 Å². The number of esters is 1. The number of ether oxygens (including phenoxy) is 4. The van der Waals surface area contributed by atoms with Crippen LogP contribution in [-0.2, 0) is 23.7 Å². The van der Waals surface area contributed by atoms with Gasteiger partial charge in [-0.1, -0.05) is 60.7 Å². The smallest absolute Gasteiger partial charge is 0.330 e. The summed E-state index contributed by atoms with van der Waals surface area (Å²) in [6.45, 7) is 10.5. The van der Waals surface area contributed by atoms with Crippen molar-refractivity contribution in [1.82, 2.24) is 4.98 Å². The standard InChI is InChI=1S/C32H42INO7/c1-18-11-23-7-5-10-30(36)41-32-20(3)27(40-31(21(32)4)19(2)16-33)8-6-9-29-34-26(17-37-29)28-14-22(35)13-25(39-28)15-24(12-18)38-23/h5-6,9-10,16-17,20-25,27-28,31-32,35H,1,7-8,11-15H2,2-4H3/t20-,21-,22+,23-,24+,25-,27+,28+,31-,32-/m0/s1. The number of rotatable bonds is 1. The van der Waals surface area contributed by atoms with Crippen LogP contribution in [0.15, 0.2) is 50.7 Å². The number of nitrogens with zero attached hydrogens (tertiary/aromatic N) is 1. The lowest BCUT2D eigenvalue weighted by atomic mass is 9.80. The van der Waals surface area contributed by atoms with Crippen molar-refractivity contribution in [2.75, 3.05) is 0 Å². The zero-order chi connectivity index (χ0) is 29.1. The van der Waals surface area contributed by atoms with Gasteiger partial charge in [0.2, 0.25) is 5.89 Å². The van der Waals surface area contributed by atoms with Crippen molar-refractivity contribution in [2.45, 2.75) is 115 Å². The van der Waals surface area contributed by atoms with Crippen molar-refractivity contribution < 1.29 is 33.3 Å². The minimum Gasteiger partial charge on any atom is -0.458 e. The zero-order valence-corrected chi connectivity index (χ0v) is 26.3. The van der Waals surface area contributed by atoms with Gasteiger partial charge in [0, 0.05) is 30.8 Å². The number of hydrogen-bond donors (Lipinski definition) is 1. The van der Waals surface area contributed by atoms with Crippen LogP contribution in [0.4, 0.5) is 0 Å². The van der Waals surface area contributed by atoms with Crippen molar-refractivity contribution in [1.29, 1.82) is 0 Å². The Morgan fingerprint density at radius 2 is 1.80 bits per heavy atom. The normalized spacial score (nSPS) is 39.1. The van der Waals surface area contributed by atoms with Crippen LogP contribution < -0.4 is 0 Å². The molecular formula is C32H42INO7. The van der Waals surface area contributed by atoms with Crippen molar-refractivity contribution in [3.63, 3.8) is 0 Å². The van der Waals surface area contributed by atoms with Gasteiger partial charge in [-0.3, -0.25) is 0 Å². The molecule has 0 amide bonds. The number of aromatic nitrogens is 1. The summed E-state index contributed by atoms with van der Waals surface area (Å²) in [6.07, 6.45) is 11.5. The van der Waals surface area contributed by atoms with Gasteiger partial charge in [0.1, 0.15) is 24.2 Å². The number of aliphatic hydroxyl groups is 1. The van der Waals surface area contributed by atoms with Crippen LogP contribution in [-0.4, -0.2) is 58.8 Å². The van der Waals surface area contributed by atoms with Gasteiger partial charge in [-0.05, 0) is 54.8 Å². The van der Waals surface area contributed by atoms with Gasteiger partial charge in [-0.15, -0.1) is 0 Å². The van der Waals surface area contributed by atoms with Crippen molar-refractivity contribution in [3.8, 4) is 0 Å². The highest BCUT2D eigenvalue weighted by atomic mass is 127. The monoisotopic (exact) mass is 679 g/mol. The predicted octanol–water partition coefficient (Wildman–Crippen LogP) is 6.40. The van der Waals surface area contributed by atoms with E-state index in [9.17, 15) is 9.90 Å². The Hall–Kier alpha value is -1.79. The average molecular weight is 680 g/mol. The largest absolute Gasteiger partial charge is 0.458 e. The molecule has 4 aliphatic rings. The predicted molar refractivity (Wildman–Crippen MR) is 163 cm³/mol. The second-order valence-corrected chi connectivity index (χ2v) is 12.7. The highest BCUT2D eigenvalue weighted by molar-refractivity contribution is 14.1. The average Bonchev–Trinajstić information content (AvgIpc) is 3.40. The molecule has 1 N–H and O–H groups in total. The fourth-order valence-electron chi connectivity index (χ4n) is 6.68. The van der Waals surface area contributed by atoms with E-state index in [-0.39, 0.29) is 60.5 Å². The van der Waals surface area contributed by atoms with Crippen LogP contribution >= 0.6 is 22.6 Å². The molecule has 3 fully saturated rings.